The number of hydrogen-bond acceptors (Lipinski definition) is 6. The second kappa shape index (κ2) is 4.94. The number of carbonyl (C=O) groups is 1. The van der Waals surface area contributed by atoms with Crippen molar-refractivity contribution in [1.29, 1.82) is 0 Å². The minimum atomic E-state index is -4.57. The number of nitro benzene ring substituents is 1. The average molecular weight is 273 g/mol. The van der Waals surface area contributed by atoms with Gasteiger partial charge in [-0.05, 0) is 12.1 Å². The van der Waals surface area contributed by atoms with Gasteiger partial charge >= 0.3 is 11.7 Å². The number of nitrogens with zero attached hydrogens (tertiary/aromatic N) is 1. The molecular formula is C9H7NO7S. The van der Waals surface area contributed by atoms with Crippen molar-refractivity contribution in [1.82, 2.24) is 0 Å². The number of nitro groups is 1. The summed E-state index contributed by atoms with van der Waals surface area (Å²) in [5, 5.41) is 10.7. The number of rotatable bonds is 4. The zero-order valence-corrected chi connectivity index (χ0v) is 9.59. The van der Waals surface area contributed by atoms with Crippen molar-refractivity contribution in [2.45, 2.75) is 4.90 Å². The summed E-state index contributed by atoms with van der Waals surface area (Å²) in [4.78, 5) is 20.0. The van der Waals surface area contributed by atoms with Crippen LogP contribution in [0.2, 0.25) is 0 Å². The lowest BCUT2D eigenvalue weighted by Crippen LogP contribution is -2.06. The first-order valence-electron chi connectivity index (χ1n) is 4.36. The second-order valence-electron chi connectivity index (χ2n) is 2.99. The van der Waals surface area contributed by atoms with Gasteiger partial charge in [-0.25, -0.2) is 4.79 Å². The summed E-state index contributed by atoms with van der Waals surface area (Å²) >= 11 is 0. The van der Waals surface area contributed by atoms with Crippen LogP contribution < -0.4 is 4.74 Å². The van der Waals surface area contributed by atoms with E-state index in [-0.39, 0.29) is 0 Å². The normalized spacial score (nSPS) is 10.7. The van der Waals surface area contributed by atoms with E-state index in [0.717, 1.165) is 18.2 Å². The van der Waals surface area contributed by atoms with Crippen molar-refractivity contribution in [3.63, 3.8) is 0 Å². The van der Waals surface area contributed by atoms with Crippen LogP contribution in [-0.4, -0.2) is 23.9 Å². The van der Waals surface area contributed by atoms with Gasteiger partial charge in [-0.2, -0.15) is 8.42 Å². The predicted molar refractivity (Wildman–Crippen MR) is 58.7 cm³/mol. The molecule has 0 bridgehead atoms. The molecule has 1 aromatic rings. The fourth-order valence-corrected chi connectivity index (χ4v) is 1.54. The minimum absolute atomic E-state index is 0.447. The highest BCUT2D eigenvalue weighted by atomic mass is 32.2. The molecule has 0 aliphatic carbocycles. The number of esters is 1. The first-order chi connectivity index (χ1) is 8.25. The van der Waals surface area contributed by atoms with Crippen molar-refractivity contribution in [3.8, 4) is 5.75 Å². The molecule has 0 unspecified atom stereocenters. The summed E-state index contributed by atoms with van der Waals surface area (Å²) in [6.07, 6.45) is 0.792. The maximum Gasteiger partial charge on any atom is 0.335 e. The molecule has 0 spiro atoms. The Balaban J connectivity index is 3.34. The summed E-state index contributed by atoms with van der Waals surface area (Å²) in [5.41, 5.74) is -0.764. The van der Waals surface area contributed by atoms with Crippen LogP contribution >= 0.6 is 0 Å². The maximum atomic E-state index is 10.9. The first-order valence-corrected chi connectivity index (χ1v) is 5.80. The Hall–Kier alpha value is -2.26. The zero-order chi connectivity index (χ0) is 13.9. The largest absolute Gasteiger partial charge is 0.416 e. The topological polar surface area (TPSA) is 124 Å². The van der Waals surface area contributed by atoms with Gasteiger partial charge in [-0.3, -0.25) is 14.7 Å². The Kier molecular flexibility index (Phi) is 3.79. The molecule has 9 heteroatoms. The molecule has 1 aromatic carbocycles. The van der Waals surface area contributed by atoms with Crippen LogP contribution in [0.5, 0.6) is 5.75 Å². The van der Waals surface area contributed by atoms with Crippen LogP contribution in [0.1, 0.15) is 0 Å². The number of hydrogen-bond donors (Lipinski definition) is 1. The third kappa shape index (κ3) is 3.12. The first kappa shape index (κ1) is 13.8. The van der Waals surface area contributed by atoms with Crippen LogP contribution in [-0.2, 0) is 14.9 Å². The summed E-state index contributed by atoms with van der Waals surface area (Å²) in [7, 11) is -4.57. The quantitative estimate of drug-likeness (QED) is 0.216. The molecule has 96 valence electrons. The summed E-state index contributed by atoms with van der Waals surface area (Å²) in [6, 6.07) is 2.34. The number of ether oxygens (including phenoxy) is 1. The van der Waals surface area contributed by atoms with Gasteiger partial charge in [0.05, 0.1) is 4.92 Å². The smallest absolute Gasteiger partial charge is 0.335 e. The van der Waals surface area contributed by atoms with Crippen LogP contribution in [0.25, 0.3) is 0 Å². The van der Waals surface area contributed by atoms with Gasteiger partial charge in [-0.15, -0.1) is 0 Å². The Bertz CT molecular complexity index is 620. The molecule has 1 rings (SSSR count). The monoisotopic (exact) mass is 273 g/mol. The van der Waals surface area contributed by atoms with E-state index in [0.29, 0.717) is 6.07 Å². The van der Waals surface area contributed by atoms with Gasteiger partial charge in [0.1, 0.15) is 4.90 Å². The van der Waals surface area contributed by atoms with E-state index in [1.165, 1.54) is 0 Å². The molecule has 0 aliphatic heterocycles. The maximum absolute atomic E-state index is 10.9. The molecule has 0 aromatic heterocycles. The fraction of sp³-hybridized carbons (Fsp3) is 0. The molecule has 0 amide bonds. The average Bonchev–Trinajstić information content (AvgIpc) is 2.27. The Labute approximate surface area is 101 Å². The summed E-state index contributed by atoms with van der Waals surface area (Å²) < 4.78 is 34.9. The Morgan fingerprint density at radius 1 is 1.50 bits per heavy atom. The van der Waals surface area contributed by atoms with Crippen LogP contribution in [0.4, 0.5) is 5.69 Å². The number of carbonyl (C=O) groups excluding carboxylic acids is 1. The molecular weight excluding hydrogens is 266 g/mol. The third-order valence-corrected chi connectivity index (χ3v) is 2.65. The van der Waals surface area contributed by atoms with Gasteiger partial charge in [0, 0.05) is 12.1 Å². The highest BCUT2D eigenvalue weighted by Gasteiger charge is 2.21. The van der Waals surface area contributed by atoms with Crippen molar-refractivity contribution in [2.24, 2.45) is 0 Å². The van der Waals surface area contributed by atoms with E-state index >= 15 is 0 Å². The van der Waals surface area contributed by atoms with Crippen molar-refractivity contribution < 1.29 is 27.4 Å². The van der Waals surface area contributed by atoms with Crippen molar-refractivity contribution in [2.75, 3.05) is 0 Å². The predicted octanol–water partition coefficient (Wildman–Crippen LogP) is 0.933. The molecule has 0 fully saturated rings. The summed E-state index contributed by atoms with van der Waals surface area (Å²) in [6.45, 7) is 3.11. The fourth-order valence-electron chi connectivity index (χ4n) is 1.04. The standard InChI is InChI=1S/C9H7NO7S/c1-2-9(11)17-8-4-3-6(18(14,15)16)5-7(8)10(12)13/h2-5H,1H2,(H,14,15,16). The molecule has 1 N–H and O–H groups in total. The van der Waals surface area contributed by atoms with Crippen molar-refractivity contribution in [3.05, 3.63) is 41.0 Å². The molecule has 0 atom stereocenters. The number of benzene rings is 1. The van der Waals surface area contributed by atoms with Gasteiger partial charge < -0.3 is 4.74 Å². The highest BCUT2D eigenvalue weighted by Crippen LogP contribution is 2.29. The lowest BCUT2D eigenvalue weighted by Gasteiger charge is -2.03. The SMILES string of the molecule is C=CC(=O)Oc1ccc(S(=O)(=O)O)cc1[N+](=O)[O-]. The van der Waals surface area contributed by atoms with E-state index in [1.807, 2.05) is 0 Å². The Morgan fingerprint density at radius 2 is 2.11 bits per heavy atom. The van der Waals surface area contributed by atoms with E-state index in [2.05, 4.69) is 11.3 Å². The molecule has 0 saturated heterocycles. The third-order valence-electron chi connectivity index (χ3n) is 1.80. The highest BCUT2D eigenvalue weighted by molar-refractivity contribution is 7.85. The van der Waals surface area contributed by atoms with Crippen LogP contribution in [0.15, 0.2) is 35.7 Å². The summed E-state index contributed by atoms with van der Waals surface area (Å²) in [5.74, 6) is -1.38. The van der Waals surface area contributed by atoms with E-state index in [9.17, 15) is 23.3 Å². The molecule has 0 radical (unpaired) electrons. The second-order valence-corrected chi connectivity index (χ2v) is 4.41. The lowest BCUT2D eigenvalue weighted by molar-refractivity contribution is -0.385. The van der Waals surface area contributed by atoms with Crippen molar-refractivity contribution >= 4 is 21.8 Å². The van der Waals surface area contributed by atoms with Gasteiger partial charge in [0.15, 0.2) is 0 Å². The molecule has 0 heterocycles. The molecule has 8 nitrogen and oxygen atoms in total. The minimum Gasteiger partial charge on any atom is -0.416 e. The van der Waals surface area contributed by atoms with E-state index in [4.69, 9.17) is 4.55 Å². The van der Waals surface area contributed by atoms with E-state index < -0.39 is 37.3 Å². The van der Waals surface area contributed by atoms with E-state index in [1.54, 1.807) is 0 Å². The lowest BCUT2D eigenvalue weighted by atomic mass is 10.3. The van der Waals surface area contributed by atoms with Gasteiger partial charge in [0.2, 0.25) is 5.75 Å². The zero-order valence-electron chi connectivity index (χ0n) is 8.77. The Morgan fingerprint density at radius 3 is 2.56 bits per heavy atom. The van der Waals surface area contributed by atoms with Gasteiger partial charge in [-0.1, -0.05) is 6.58 Å². The van der Waals surface area contributed by atoms with Gasteiger partial charge in [0.25, 0.3) is 10.1 Å². The van der Waals surface area contributed by atoms with Crippen LogP contribution in [0, 0.1) is 10.1 Å². The van der Waals surface area contributed by atoms with Crippen LogP contribution in [0.3, 0.4) is 0 Å². The molecule has 18 heavy (non-hydrogen) atoms. The molecule has 0 saturated carbocycles. The molecule has 0 aliphatic rings.